The van der Waals surface area contributed by atoms with Crippen molar-refractivity contribution < 1.29 is 61.4 Å². The first-order valence-electron chi connectivity index (χ1n) is 18.0. The third kappa shape index (κ3) is 8.97. The Morgan fingerprint density at radius 2 is 1.24 bits per heavy atom. The molecule has 316 valence electrons. The van der Waals surface area contributed by atoms with Crippen molar-refractivity contribution >= 4 is 26.7 Å². The Labute approximate surface area is 326 Å². The molecule has 3 fully saturated rings. The Morgan fingerprint density at radius 3 is 1.83 bits per heavy atom. The predicted octanol–water partition coefficient (Wildman–Crippen LogP) is 0.282. The number of aliphatic hydroxyl groups excluding tert-OH is 2. The number of para-hydroxylation sites is 1. The van der Waals surface area contributed by atoms with Gasteiger partial charge in [0, 0.05) is 42.8 Å². The lowest BCUT2D eigenvalue weighted by Gasteiger charge is -2.24. The molecule has 2 unspecified atom stereocenters. The number of rotatable bonds is 14. The lowest BCUT2D eigenvalue weighted by atomic mass is 10.2. The molecule has 6 N–H and O–H groups in total. The summed E-state index contributed by atoms with van der Waals surface area (Å²) in [6, 6.07) is 5.45. The Kier molecular flexibility index (Phi) is 12.1. The number of nitrogens with zero attached hydrogens (tertiary/aromatic N) is 4. The van der Waals surface area contributed by atoms with Crippen molar-refractivity contribution in [2.24, 2.45) is 0 Å². The average molecular weight is 857 g/mol. The molecule has 1 aromatic carbocycles. The molecule has 0 saturated carbocycles. The number of phosphoric acid groups is 2. The van der Waals surface area contributed by atoms with E-state index in [1.54, 1.807) is 16.7 Å². The Morgan fingerprint density at radius 1 is 0.741 bits per heavy atom. The Hall–Kier alpha value is -3.93. The number of hydrogen-bond donors (Lipinski definition) is 6. The molecular weight excluding hydrogens is 814 g/mol. The fourth-order valence-electron chi connectivity index (χ4n) is 7.08. The lowest BCUT2D eigenvalue weighted by molar-refractivity contribution is -0.0609. The maximum atomic E-state index is 13.4. The number of benzene rings is 1. The SMILES string of the molecule is Cc1cn([C@H]2C[C@H](OP(=O)(O)OC[C@H]3O[C@@H](n4cnc5c(C)cccc54)C[C@@H]3OP(=O)(O)OC[C@H]3O[C@@H](n4cc(C)c(=O)[nH]c4=O)C[C@@H]3O)[C@@H](CO)O2)c(=O)[nH]c1=O. The number of aliphatic hydroxyl groups is 2. The highest BCUT2D eigenvalue weighted by atomic mass is 31.2. The van der Waals surface area contributed by atoms with Crippen LogP contribution < -0.4 is 22.5 Å². The normalized spacial score (nSPS) is 29.5. The maximum Gasteiger partial charge on any atom is 0.472 e. The van der Waals surface area contributed by atoms with Crippen molar-refractivity contribution in [3.8, 4) is 0 Å². The molecule has 0 aliphatic carbocycles. The van der Waals surface area contributed by atoms with Crippen LogP contribution in [-0.2, 0) is 41.4 Å². The van der Waals surface area contributed by atoms with Gasteiger partial charge in [0.2, 0.25) is 0 Å². The van der Waals surface area contributed by atoms with Crippen molar-refractivity contribution in [2.45, 2.75) is 95.3 Å². The fourth-order valence-corrected chi connectivity index (χ4v) is 9.00. The van der Waals surface area contributed by atoms with Gasteiger partial charge < -0.3 is 38.8 Å². The van der Waals surface area contributed by atoms with Gasteiger partial charge in [-0.15, -0.1) is 0 Å². The van der Waals surface area contributed by atoms with Gasteiger partial charge in [-0.3, -0.25) is 46.8 Å². The number of imidazole rings is 1. The first-order valence-corrected chi connectivity index (χ1v) is 21.0. The molecule has 58 heavy (non-hydrogen) atoms. The van der Waals surface area contributed by atoms with Gasteiger partial charge in [-0.2, -0.15) is 0 Å². The monoisotopic (exact) mass is 856 g/mol. The highest BCUT2D eigenvalue weighted by Crippen LogP contribution is 2.52. The van der Waals surface area contributed by atoms with Crippen LogP contribution in [0.25, 0.3) is 11.0 Å². The summed E-state index contributed by atoms with van der Waals surface area (Å²) in [5, 5.41) is 20.6. The molecule has 3 aliphatic heterocycles. The Balaban J connectivity index is 1.04. The second kappa shape index (κ2) is 16.6. The van der Waals surface area contributed by atoms with Crippen LogP contribution in [0.4, 0.5) is 0 Å². The zero-order valence-corrected chi connectivity index (χ0v) is 33.0. The third-order valence-electron chi connectivity index (χ3n) is 10.1. The van der Waals surface area contributed by atoms with Crippen molar-refractivity contribution in [3.63, 3.8) is 0 Å². The Bertz CT molecular complexity index is 2500. The molecule has 0 radical (unpaired) electrons. The van der Waals surface area contributed by atoms with E-state index >= 15 is 0 Å². The van der Waals surface area contributed by atoms with E-state index in [9.17, 15) is 48.3 Å². The van der Waals surface area contributed by atoms with E-state index in [1.807, 2.05) is 13.0 Å². The average Bonchev–Trinajstić information content (AvgIpc) is 3.95. The number of aryl methyl sites for hydroxylation is 3. The van der Waals surface area contributed by atoms with Gasteiger partial charge >= 0.3 is 27.0 Å². The predicted molar refractivity (Wildman–Crippen MR) is 197 cm³/mol. The maximum absolute atomic E-state index is 13.4. The van der Waals surface area contributed by atoms with Crippen LogP contribution in [0, 0.1) is 20.8 Å². The molecule has 6 heterocycles. The first kappa shape index (κ1) is 42.2. The summed E-state index contributed by atoms with van der Waals surface area (Å²) < 4.78 is 69.5. The van der Waals surface area contributed by atoms with Crippen LogP contribution in [0.5, 0.6) is 0 Å². The number of hydrogen-bond acceptors (Lipinski definition) is 16. The van der Waals surface area contributed by atoms with Crippen molar-refractivity contribution in [3.05, 3.63) is 95.3 Å². The number of nitrogens with one attached hydrogen (secondary N) is 2. The molecule has 3 saturated heterocycles. The van der Waals surface area contributed by atoms with Crippen LogP contribution >= 0.6 is 15.6 Å². The number of fused-ring (bicyclic) bond motifs is 1. The van der Waals surface area contributed by atoms with Crippen LogP contribution in [0.3, 0.4) is 0 Å². The third-order valence-corrected chi connectivity index (χ3v) is 12.1. The standard InChI is InChI=1S/C33H42N6O17P2/c1-16-5-4-6-19-29(16)34-15-39(19)28-9-22(56-57(46,47)50-13-24-20(41)7-26(53-24)37-10-17(2)30(42)35-32(37)44)25(54-28)14-51-58(48,49)55-21-8-27(52-23(21)12-40)38-11-18(3)31(43)36-33(38)45/h4-6,10-11,15,20-28,40-41H,7-9,12-14H2,1-3H3,(H,46,47)(H,48,49)(H,35,42,44)(H,36,43,45)/t20-,21-,22-,23+,24+,25+,26+,27+,28+/m0/s1. The zero-order valence-electron chi connectivity index (χ0n) is 31.2. The minimum atomic E-state index is -5.01. The van der Waals surface area contributed by atoms with Gasteiger partial charge in [-0.05, 0) is 32.4 Å². The van der Waals surface area contributed by atoms with Gasteiger partial charge in [-0.25, -0.2) is 23.7 Å². The second-order valence-electron chi connectivity index (χ2n) is 14.2. The van der Waals surface area contributed by atoms with Gasteiger partial charge in [0.05, 0.1) is 43.3 Å². The molecule has 25 heteroatoms. The zero-order chi connectivity index (χ0) is 41.7. The van der Waals surface area contributed by atoms with Crippen LogP contribution in [0.2, 0.25) is 0 Å². The summed E-state index contributed by atoms with van der Waals surface area (Å²) in [7, 11) is -10.0. The van der Waals surface area contributed by atoms with E-state index in [0.717, 1.165) is 14.7 Å². The number of H-pyrrole nitrogens is 2. The number of aromatic amines is 2. The van der Waals surface area contributed by atoms with Gasteiger partial charge in [0.15, 0.2) is 0 Å². The van der Waals surface area contributed by atoms with Crippen LogP contribution in [0.1, 0.15) is 54.6 Å². The highest BCUT2D eigenvalue weighted by Gasteiger charge is 2.46. The molecule has 23 nitrogen and oxygen atoms in total. The van der Waals surface area contributed by atoms with E-state index < -0.39 is 113 Å². The quantitative estimate of drug-likeness (QED) is 0.0928. The molecule has 4 aromatic rings. The van der Waals surface area contributed by atoms with Crippen LogP contribution in [0.15, 0.2) is 56.1 Å². The topological polar surface area (TPSA) is 307 Å². The lowest BCUT2D eigenvalue weighted by Crippen LogP contribution is -2.33. The summed E-state index contributed by atoms with van der Waals surface area (Å²) in [5.41, 5.74) is -0.173. The minimum absolute atomic E-state index is 0.102. The summed E-state index contributed by atoms with van der Waals surface area (Å²) >= 11 is 0. The van der Waals surface area contributed by atoms with E-state index in [-0.39, 0.29) is 30.4 Å². The second-order valence-corrected chi connectivity index (χ2v) is 17.0. The molecule has 0 bridgehead atoms. The number of phosphoric ester groups is 2. The summed E-state index contributed by atoms with van der Waals surface area (Å²) in [6.45, 7) is 2.76. The van der Waals surface area contributed by atoms with Gasteiger partial charge in [0.1, 0.15) is 49.2 Å². The van der Waals surface area contributed by atoms with Gasteiger partial charge in [-0.1, -0.05) is 12.1 Å². The molecule has 3 aliphatic rings. The molecule has 11 atom stereocenters. The highest BCUT2D eigenvalue weighted by molar-refractivity contribution is 7.47. The summed E-state index contributed by atoms with van der Waals surface area (Å²) in [5.74, 6) is 0. The minimum Gasteiger partial charge on any atom is -0.394 e. The molecule has 3 aromatic heterocycles. The molecule has 7 rings (SSSR count). The van der Waals surface area contributed by atoms with E-state index in [4.69, 9.17) is 32.3 Å². The summed E-state index contributed by atoms with van der Waals surface area (Å²) in [6.07, 6.45) is -6.84. The van der Waals surface area contributed by atoms with Crippen LogP contribution in [-0.4, -0.2) is 105 Å². The van der Waals surface area contributed by atoms with E-state index in [0.29, 0.717) is 11.0 Å². The summed E-state index contributed by atoms with van der Waals surface area (Å²) in [4.78, 5) is 78.8. The number of aromatic nitrogens is 6. The number of ether oxygens (including phenoxy) is 3. The smallest absolute Gasteiger partial charge is 0.394 e. The largest absolute Gasteiger partial charge is 0.472 e. The van der Waals surface area contributed by atoms with Crippen molar-refractivity contribution in [1.29, 1.82) is 0 Å². The molecule has 0 amide bonds. The fraction of sp³-hybridized carbons (Fsp3) is 0.545. The molecular formula is C33H42N6O17P2. The molecule has 0 spiro atoms. The van der Waals surface area contributed by atoms with Crippen molar-refractivity contribution in [1.82, 2.24) is 28.7 Å². The van der Waals surface area contributed by atoms with E-state index in [2.05, 4.69) is 15.0 Å². The van der Waals surface area contributed by atoms with Crippen molar-refractivity contribution in [2.75, 3.05) is 19.8 Å². The van der Waals surface area contributed by atoms with Gasteiger partial charge in [0.25, 0.3) is 11.1 Å². The van der Waals surface area contributed by atoms with E-state index in [1.165, 1.54) is 32.6 Å². The first-order chi connectivity index (χ1) is 27.4.